The molecule has 0 bridgehead atoms. The molecule has 0 aliphatic heterocycles. The van der Waals surface area contributed by atoms with Crippen molar-refractivity contribution in [2.24, 2.45) is 0 Å². The van der Waals surface area contributed by atoms with Gasteiger partial charge < -0.3 is 14.0 Å². The second-order valence-electron chi connectivity index (χ2n) is 6.54. The minimum absolute atomic E-state index is 0.191. The largest absolute Gasteiger partial charge is 0.427 e. The van der Waals surface area contributed by atoms with Crippen molar-refractivity contribution in [1.82, 2.24) is 0 Å². The molecule has 0 aromatic heterocycles. The Balaban J connectivity index is 2.21. The average Bonchev–Trinajstić information content (AvgIpc) is 2.69. The fourth-order valence-corrected chi connectivity index (χ4v) is 5.90. The van der Waals surface area contributed by atoms with Crippen molar-refractivity contribution in [2.45, 2.75) is 20.0 Å². The normalized spacial score (nSPS) is 12.6. The van der Waals surface area contributed by atoms with E-state index in [1.54, 1.807) is 12.1 Å². The number of esters is 2. The molecule has 0 aliphatic rings. The number of hydrogen-bond acceptors (Lipinski definition) is 5. The number of ether oxygens (including phenoxy) is 2. The van der Waals surface area contributed by atoms with Crippen LogP contribution in [0.15, 0.2) is 78.9 Å². The van der Waals surface area contributed by atoms with Crippen LogP contribution in [0, 0.1) is 0 Å². The summed E-state index contributed by atoms with van der Waals surface area (Å²) in [5.41, 5.74) is 0.881. The third kappa shape index (κ3) is 5.01. The van der Waals surface area contributed by atoms with Crippen molar-refractivity contribution in [3.63, 3.8) is 0 Å². The molecule has 29 heavy (non-hydrogen) atoms. The van der Waals surface area contributed by atoms with Crippen LogP contribution >= 0.6 is 7.14 Å². The highest BCUT2D eigenvalue weighted by molar-refractivity contribution is 7.78. The molecule has 3 rings (SSSR count). The Kier molecular flexibility index (Phi) is 6.30. The smallest absolute Gasteiger partial charge is 0.308 e. The van der Waals surface area contributed by atoms with E-state index in [9.17, 15) is 14.2 Å². The predicted octanol–water partition coefficient (Wildman–Crippen LogP) is 4.05. The SMILES string of the molecule is CC(=O)Oc1ccc(OC(C)=O)c(P(=O)(Cc2ccccc2)c2ccccc2)c1. The topological polar surface area (TPSA) is 69.7 Å². The lowest BCUT2D eigenvalue weighted by molar-refractivity contribution is -0.133. The van der Waals surface area contributed by atoms with E-state index in [0.717, 1.165) is 5.56 Å². The second kappa shape index (κ2) is 8.89. The molecule has 3 aromatic rings. The number of carbonyl (C=O) groups excluding carboxylic acids is 2. The van der Waals surface area contributed by atoms with E-state index in [1.165, 1.54) is 32.0 Å². The van der Waals surface area contributed by atoms with E-state index < -0.39 is 19.1 Å². The Labute approximate surface area is 169 Å². The second-order valence-corrected chi connectivity index (χ2v) is 9.33. The predicted molar refractivity (Wildman–Crippen MR) is 113 cm³/mol. The molecule has 1 unspecified atom stereocenters. The number of carbonyl (C=O) groups is 2. The maximum absolute atomic E-state index is 14.5. The van der Waals surface area contributed by atoms with Gasteiger partial charge in [0.15, 0.2) is 7.14 Å². The standard InChI is InChI=1S/C23H21O5P/c1-17(24)27-20-13-14-22(28-18(2)25)23(15-20)29(26,21-11-7-4-8-12-21)16-19-9-5-3-6-10-19/h3-15H,16H2,1-2H3. The first kappa shape index (κ1) is 20.6. The summed E-state index contributed by atoms with van der Waals surface area (Å²) in [4.78, 5) is 23.1. The number of rotatable bonds is 6. The van der Waals surface area contributed by atoms with Gasteiger partial charge in [-0.1, -0.05) is 60.7 Å². The lowest BCUT2D eigenvalue weighted by atomic mass is 10.2. The number of benzene rings is 3. The van der Waals surface area contributed by atoms with E-state index in [4.69, 9.17) is 9.47 Å². The quantitative estimate of drug-likeness (QED) is 0.350. The molecular weight excluding hydrogens is 387 g/mol. The first-order valence-corrected chi connectivity index (χ1v) is 11.0. The highest BCUT2D eigenvalue weighted by Crippen LogP contribution is 2.50. The van der Waals surface area contributed by atoms with Crippen LogP contribution in [0.3, 0.4) is 0 Å². The first-order valence-electron chi connectivity index (χ1n) is 9.08. The molecule has 0 amide bonds. The summed E-state index contributed by atoms with van der Waals surface area (Å²) in [6.45, 7) is 2.58. The third-order valence-corrected chi connectivity index (χ3v) is 7.33. The molecule has 0 radical (unpaired) electrons. The molecule has 5 nitrogen and oxygen atoms in total. The van der Waals surface area contributed by atoms with Gasteiger partial charge in [0.25, 0.3) is 0 Å². The zero-order valence-electron chi connectivity index (χ0n) is 16.2. The summed E-state index contributed by atoms with van der Waals surface area (Å²) in [5.74, 6) is -0.580. The van der Waals surface area contributed by atoms with Gasteiger partial charge in [-0.05, 0) is 23.8 Å². The Hall–Kier alpha value is -3.17. The molecule has 0 saturated carbocycles. The fraction of sp³-hybridized carbons (Fsp3) is 0.130. The molecule has 148 valence electrons. The van der Waals surface area contributed by atoms with E-state index in [1.807, 2.05) is 48.5 Å². The minimum atomic E-state index is -3.28. The molecule has 0 N–H and O–H groups in total. The maximum Gasteiger partial charge on any atom is 0.308 e. The zero-order valence-corrected chi connectivity index (χ0v) is 17.1. The van der Waals surface area contributed by atoms with Crippen molar-refractivity contribution >= 4 is 29.7 Å². The summed E-state index contributed by atoms with van der Waals surface area (Å²) < 4.78 is 25.0. The lowest BCUT2D eigenvalue weighted by Crippen LogP contribution is -2.21. The Morgan fingerprint density at radius 1 is 0.793 bits per heavy atom. The molecular formula is C23H21O5P. The van der Waals surface area contributed by atoms with Gasteiger partial charge in [-0.15, -0.1) is 0 Å². The van der Waals surface area contributed by atoms with E-state index in [-0.39, 0.29) is 17.7 Å². The van der Waals surface area contributed by atoms with Crippen LogP contribution in [0.25, 0.3) is 0 Å². The van der Waals surface area contributed by atoms with Crippen molar-refractivity contribution in [1.29, 1.82) is 0 Å². The zero-order chi connectivity index (χ0) is 20.9. The van der Waals surface area contributed by atoms with Crippen LogP contribution in [0.1, 0.15) is 19.4 Å². The van der Waals surface area contributed by atoms with Gasteiger partial charge in [-0.3, -0.25) is 9.59 Å². The van der Waals surface area contributed by atoms with Gasteiger partial charge in [0, 0.05) is 25.3 Å². The molecule has 0 fully saturated rings. The maximum atomic E-state index is 14.5. The van der Waals surface area contributed by atoms with Crippen LogP contribution in [0.2, 0.25) is 0 Å². The monoisotopic (exact) mass is 408 g/mol. The summed E-state index contributed by atoms with van der Waals surface area (Å²) in [6, 6.07) is 23.1. The lowest BCUT2D eigenvalue weighted by Gasteiger charge is -2.22. The van der Waals surface area contributed by atoms with Gasteiger partial charge in [0.2, 0.25) is 0 Å². The van der Waals surface area contributed by atoms with E-state index in [0.29, 0.717) is 10.6 Å². The van der Waals surface area contributed by atoms with Crippen LogP contribution in [0.5, 0.6) is 11.5 Å². The van der Waals surface area contributed by atoms with E-state index in [2.05, 4.69) is 0 Å². The minimum Gasteiger partial charge on any atom is -0.427 e. The van der Waals surface area contributed by atoms with Crippen LogP contribution in [-0.2, 0) is 20.3 Å². The highest BCUT2D eigenvalue weighted by Gasteiger charge is 2.32. The molecule has 0 heterocycles. The third-order valence-electron chi connectivity index (χ3n) is 4.26. The van der Waals surface area contributed by atoms with Crippen LogP contribution < -0.4 is 20.1 Å². The van der Waals surface area contributed by atoms with Crippen LogP contribution in [-0.4, -0.2) is 11.9 Å². The van der Waals surface area contributed by atoms with Gasteiger partial charge in [-0.2, -0.15) is 0 Å². The van der Waals surface area contributed by atoms with E-state index >= 15 is 0 Å². The van der Waals surface area contributed by atoms with Gasteiger partial charge in [0.05, 0.1) is 5.30 Å². The molecule has 1 atom stereocenters. The summed E-state index contributed by atoms with van der Waals surface area (Å²) in [6.07, 6.45) is 0.232. The van der Waals surface area contributed by atoms with Crippen molar-refractivity contribution in [3.05, 3.63) is 84.4 Å². The van der Waals surface area contributed by atoms with Crippen molar-refractivity contribution in [3.8, 4) is 11.5 Å². The molecule has 6 heteroatoms. The summed E-state index contributed by atoms with van der Waals surface area (Å²) in [5, 5.41) is 0.957. The van der Waals surface area contributed by atoms with Crippen molar-refractivity contribution < 1.29 is 23.6 Å². The molecule has 3 aromatic carbocycles. The van der Waals surface area contributed by atoms with Gasteiger partial charge >= 0.3 is 11.9 Å². The number of hydrogen-bond donors (Lipinski definition) is 0. The summed E-state index contributed by atoms with van der Waals surface area (Å²) in [7, 11) is -3.28. The van der Waals surface area contributed by atoms with Gasteiger partial charge in [0.1, 0.15) is 11.5 Å². The highest BCUT2D eigenvalue weighted by atomic mass is 31.2. The fourth-order valence-electron chi connectivity index (χ4n) is 3.07. The summed E-state index contributed by atoms with van der Waals surface area (Å²) >= 11 is 0. The molecule has 0 spiro atoms. The Morgan fingerprint density at radius 3 is 1.97 bits per heavy atom. The Morgan fingerprint density at radius 2 is 1.38 bits per heavy atom. The molecule has 0 saturated heterocycles. The Bertz CT molecular complexity index is 1060. The molecule has 0 aliphatic carbocycles. The van der Waals surface area contributed by atoms with Crippen molar-refractivity contribution in [2.75, 3.05) is 0 Å². The first-order chi connectivity index (χ1) is 13.9. The van der Waals surface area contributed by atoms with Crippen LogP contribution in [0.4, 0.5) is 0 Å². The van der Waals surface area contributed by atoms with Gasteiger partial charge in [-0.25, -0.2) is 0 Å². The average molecular weight is 408 g/mol.